The lowest BCUT2D eigenvalue weighted by Crippen LogP contribution is -2.01. The van der Waals surface area contributed by atoms with Gasteiger partial charge in [-0.3, -0.25) is 0 Å². The molecule has 0 bridgehead atoms. The van der Waals surface area contributed by atoms with Gasteiger partial charge in [0, 0.05) is 13.2 Å². The monoisotopic (exact) mass is 256 g/mol. The predicted octanol–water partition coefficient (Wildman–Crippen LogP) is 1.98. The van der Waals surface area contributed by atoms with Crippen LogP contribution in [0.4, 0.5) is 5.82 Å². The highest BCUT2D eigenvalue weighted by Crippen LogP contribution is 2.26. The summed E-state index contributed by atoms with van der Waals surface area (Å²) < 4.78 is 5.58. The van der Waals surface area contributed by atoms with Crippen LogP contribution in [0.1, 0.15) is 5.69 Å². The number of halogens is 1. The highest BCUT2D eigenvalue weighted by Gasteiger charge is 2.09. The Morgan fingerprint density at radius 2 is 2.31 bits per heavy atom. The van der Waals surface area contributed by atoms with Gasteiger partial charge in [0.1, 0.15) is 10.2 Å². The second kappa shape index (κ2) is 4.73. The van der Waals surface area contributed by atoms with Crippen molar-refractivity contribution in [3.63, 3.8) is 0 Å². The molecule has 0 aromatic carbocycles. The van der Waals surface area contributed by atoms with E-state index in [0.29, 0.717) is 27.6 Å². The third kappa shape index (κ3) is 2.46. The Labute approximate surface area is 101 Å². The van der Waals surface area contributed by atoms with Crippen LogP contribution < -0.4 is 5.73 Å². The molecular weight excluding hydrogens is 248 g/mol. The SMILES string of the molecule is COCc1cc(N)nc(-c2ncc(Cl)s2)n1. The average molecular weight is 257 g/mol. The van der Waals surface area contributed by atoms with E-state index in [9.17, 15) is 0 Å². The van der Waals surface area contributed by atoms with E-state index in [4.69, 9.17) is 22.1 Å². The number of nitrogens with zero attached hydrogens (tertiary/aromatic N) is 3. The van der Waals surface area contributed by atoms with Crippen LogP contribution in [0, 0.1) is 0 Å². The minimum Gasteiger partial charge on any atom is -0.384 e. The van der Waals surface area contributed by atoms with Crippen molar-refractivity contribution in [2.24, 2.45) is 0 Å². The van der Waals surface area contributed by atoms with E-state index in [2.05, 4.69) is 15.0 Å². The van der Waals surface area contributed by atoms with E-state index in [1.54, 1.807) is 19.4 Å². The maximum atomic E-state index is 5.80. The lowest BCUT2D eigenvalue weighted by Gasteiger charge is -2.02. The molecule has 2 rings (SSSR count). The molecule has 2 aromatic heterocycles. The lowest BCUT2D eigenvalue weighted by atomic mass is 10.4. The minimum atomic E-state index is 0.388. The first-order valence-corrected chi connectivity index (χ1v) is 5.62. The summed E-state index contributed by atoms with van der Waals surface area (Å²) in [6.45, 7) is 0.388. The number of ether oxygens (including phenoxy) is 1. The molecule has 5 nitrogen and oxygen atoms in total. The maximum absolute atomic E-state index is 5.80. The van der Waals surface area contributed by atoms with Gasteiger partial charge in [0.25, 0.3) is 0 Å². The Hall–Kier alpha value is -1.24. The lowest BCUT2D eigenvalue weighted by molar-refractivity contribution is 0.181. The zero-order valence-corrected chi connectivity index (χ0v) is 10.0. The highest BCUT2D eigenvalue weighted by molar-refractivity contribution is 7.18. The van der Waals surface area contributed by atoms with Crippen LogP contribution in [0.15, 0.2) is 12.3 Å². The molecule has 0 saturated heterocycles. The number of methoxy groups -OCH3 is 1. The van der Waals surface area contributed by atoms with Crippen LogP contribution in [0.5, 0.6) is 0 Å². The predicted molar refractivity (Wildman–Crippen MR) is 63.3 cm³/mol. The zero-order chi connectivity index (χ0) is 11.5. The van der Waals surface area contributed by atoms with E-state index in [0.717, 1.165) is 5.69 Å². The Morgan fingerprint density at radius 1 is 1.50 bits per heavy atom. The molecular formula is C9H9ClN4OS. The number of rotatable bonds is 3. The van der Waals surface area contributed by atoms with Gasteiger partial charge in [-0.2, -0.15) is 0 Å². The van der Waals surface area contributed by atoms with Gasteiger partial charge < -0.3 is 10.5 Å². The standard InChI is InChI=1S/C9H9ClN4OS/c1-15-4-5-2-7(11)14-8(13-5)9-12-3-6(10)16-9/h2-3H,4H2,1H3,(H2,11,13,14). The zero-order valence-electron chi connectivity index (χ0n) is 8.48. The molecule has 16 heavy (non-hydrogen) atoms. The maximum Gasteiger partial charge on any atom is 0.191 e. The third-order valence-corrected chi connectivity index (χ3v) is 2.87. The number of aromatic nitrogens is 3. The second-order valence-electron chi connectivity index (χ2n) is 3.01. The Balaban J connectivity index is 2.40. The third-order valence-electron chi connectivity index (χ3n) is 1.76. The molecule has 2 heterocycles. The Bertz CT molecular complexity index is 502. The van der Waals surface area contributed by atoms with Gasteiger partial charge in [-0.1, -0.05) is 22.9 Å². The molecule has 0 spiro atoms. The van der Waals surface area contributed by atoms with Crippen molar-refractivity contribution < 1.29 is 4.74 Å². The molecule has 0 radical (unpaired) electrons. The van der Waals surface area contributed by atoms with Gasteiger partial charge in [0.2, 0.25) is 0 Å². The number of hydrogen-bond acceptors (Lipinski definition) is 6. The van der Waals surface area contributed by atoms with E-state index >= 15 is 0 Å². The van der Waals surface area contributed by atoms with E-state index < -0.39 is 0 Å². The van der Waals surface area contributed by atoms with Crippen molar-refractivity contribution >= 4 is 28.8 Å². The van der Waals surface area contributed by atoms with Crippen LogP contribution in [0.3, 0.4) is 0 Å². The minimum absolute atomic E-state index is 0.388. The molecule has 7 heteroatoms. The molecule has 0 atom stereocenters. The summed E-state index contributed by atoms with van der Waals surface area (Å²) in [5, 5.41) is 0.648. The van der Waals surface area contributed by atoms with E-state index in [1.807, 2.05) is 0 Å². The second-order valence-corrected chi connectivity index (χ2v) is 4.67. The first-order chi connectivity index (χ1) is 7.69. The Kier molecular flexibility index (Phi) is 3.33. The molecule has 0 amide bonds. The molecule has 0 unspecified atom stereocenters. The molecule has 2 aromatic rings. The van der Waals surface area contributed by atoms with Gasteiger partial charge in [-0.25, -0.2) is 15.0 Å². The number of thiazole rings is 1. The summed E-state index contributed by atoms with van der Waals surface area (Å²) in [5.74, 6) is 0.868. The summed E-state index contributed by atoms with van der Waals surface area (Å²) in [4.78, 5) is 12.5. The molecule has 0 aliphatic carbocycles. The summed E-state index contributed by atoms with van der Waals surface area (Å²) in [7, 11) is 1.60. The largest absolute Gasteiger partial charge is 0.384 e. The van der Waals surface area contributed by atoms with Crippen molar-refractivity contribution in [1.29, 1.82) is 0 Å². The van der Waals surface area contributed by atoms with Gasteiger partial charge in [0.15, 0.2) is 10.8 Å². The van der Waals surface area contributed by atoms with Crippen molar-refractivity contribution in [3.8, 4) is 10.8 Å². The van der Waals surface area contributed by atoms with Gasteiger partial charge in [-0.15, -0.1) is 0 Å². The number of nitrogens with two attached hydrogens (primary N) is 1. The van der Waals surface area contributed by atoms with Crippen LogP contribution in [-0.4, -0.2) is 22.1 Å². The smallest absolute Gasteiger partial charge is 0.191 e. The van der Waals surface area contributed by atoms with Crippen molar-refractivity contribution in [3.05, 3.63) is 22.3 Å². The van der Waals surface area contributed by atoms with Crippen molar-refractivity contribution in [2.75, 3.05) is 12.8 Å². The summed E-state index contributed by atoms with van der Waals surface area (Å²) in [5.41, 5.74) is 6.39. The molecule has 0 saturated carbocycles. The van der Waals surface area contributed by atoms with Crippen LogP contribution in [0.25, 0.3) is 10.8 Å². The summed E-state index contributed by atoms with van der Waals surface area (Å²) >= 11 is 7.10. The quantitative estimate of drug-likeness (QED) is 0.909. The molecule has 0 aliphatic rings. The first kappa shape index (κ1) is 11.3. The topological polar surface area (TPSA) is 73.9 Å². The van der Waals surface area contributed by atoms with Crippen LogP contribution >= 0.6 is 22.9 Å². The molecule has 84 valence electrons. The molecule has 0 fully saturated rings. The average Bonchev–Trinajstić information content (AvgIpc) is 2.64. The van der Waals surface area contributed by atoms with Crippen LogP contribution in [0.2, 0.25) is 4.34 Å². The molecule has 0 aliphatic heterocycles. The number of hydrogen-bond donors (Lipinski definition) is 1. The van der Waals surface area contributed by atoms with E-state index in [1.165, 1.54) is 11.3 Å². The fourth-order valence-electron chi connectivity index (χ4n) is 1.19. The normalized spacial score (nSPS) is 10.6. The van der Waals surface area contributed by atoms with Crippen molar-refractivity contribution in [2.45, 2.75) is 6.61 Å². The van der Waals surface area contributed by atoms with Gasteiger partial charge in [-0.05, 0) is 0 Å². The summed E-state index contributed by atoms with van der Waals surface area (Å²) in [6, 6.07) is 1.67. The van der Waals surface area contributed by atoms with Crippen molar-refractivity contribution in [1.82, 2.24) is 15.0 Å². The van der Waals surface area contributed by atoms with Crippen LogP contribution in [-0.2, 0) is 11.3 Å². The fraction of sp³-hybridized carbons (Fsp3) is 0.222. The fourth-order valence-corrected chi connectivity index (χ4v) is 2.04. The van der Waals surface area contributed by atoms with Gasteiger partial charge >= 0.3 is 0 Å². The number of nitrogen functional groups attached to an aromatic ring is 1. The number of anilines is 1. The Morgan fingerprint density at radius 3 is 2.94 bits per heavy atom. The van der Waals surface area contributed by atoms with Gasteiger partial charge in [0.05, 0.1) is 18.5 Å². The van der Waals surface area contributed by atoms with E-state index in [-0.39, 0.29) is 0 Å². The molecule has 2 N–H and O–H groups in total. The highest BCUT2D eigenvalue weighted by atomic mass is 35.5. The first-order valence-electron chi connectivity index (χ1n) is 4.43. The summed E-state index contributed by atoms with van der Waals surface area (Å²) in [6.07, 6.45) is 1.56.